The van der Waals surface area contributed by atoms with E-state index in [-0.39, 0.29) is 17.7 Å². The number of amides is 1. The van der Waals surface area contributed by atoms with Crippen molar-refractivity contribution < 1.29 is 14.7 Å². The number of fused-ring (bicyclic) bond motifs is 1. The lowest BCUT2D eigenvalue weighted by Gasteiger charge is -2.25. The zero-order chi connectivity index (χ0) is 27.6. The lowest BCUT2D eigenvalue weighted by atomic mass is 9.81. The summed E-state index contributed by atoms with van der Waals surface area (Å²) in [5.41, 5.74) is 10.7. The van der Waals surface area contributed by atoms with Crippen molar-refractivity contribution in [3.8, 4) is 28.3 Å². The Bertz CT molecular complexity index is 1690. The van der Waals surface area contributed by atoms with Crippen molar-refractivity contribution in [2.24, 2.45) is 11.8 Å². The van der Waals surface area contributed by atoms with Crippen LogP contribution in [0.5, 0.6) is 0 Å². The molecule has 0 radical (unpaired) electrons. The number of carboxylic acids is 1. The second-order valence-electron chi connectivity index (χ2n) is 9.89. The molecule has 6 rings (SSSR count). The Balaban J connectivity index is 1.34. The van der Waals surface area contributed by atoms with Crippen LogP contribution in [0.4, 0.5) is 11.6 Å². The van der Waals surface area contributed by atoms with Crippen LogP contribution in [-0.2, 0) is 9.59 Å². The molecule has 1 amide bonds. The minimum atomic E-state index is -0.791. The van der Waals surface area contributed by atoms with Gasteiger partial charge in [0.05, 0.1) is 29.1 Å². The van der Waals surface area contributed by atoms with Crippen LogP contribution >= 0.6 is 0 Å². The molecule has 1 aliphatic rings. The summed E-state index contributed by atoms with van der Waals surface area (Å²) < 4.78 is 1.89. The van der Waals surface area contributed by atoms with Crippen LogP contribution in [0.15, 0.2) is 79.1 Å². The Hall–Kier alpha value is -5.12. The Kier molecular flexibility index (Phi) is 6.65. The fourth-order valence-electron chi connectivity index (χ4n) is 5.18. The number of carboxylic acid groups (broad SMARTS) is 1. The van der Waals surface area contributed by atoms with E-state index in [0.29, 0.717) is 65.6 Å². The maximum absolute atomic E-state index is 12.8. The molecule has 0 bridgehead atoms. The number of aliphatic carboxylic acids is 1. The molecule has 1 saturated carbocycles. The van der Waals surface area contributed by atoms with E-state index >= 15 is 0 Å². The normalized spacial score (nSPS) is 17.0. The van der Waals surface area contributed by atoms with Crippen LogP contribution in [0, 0.1) is 11.8 Å². The van der Waals surface area contributed by atoms with Gasteiger partial charge in [-0.1, -0.05) is 30.3 Å². The zero-order valence-corrected chi connectivity index (χ0v) is 21.6. The minimum Gasteiger partial charge on any atom is -0.481 e. The molecule has 4 aromatic heterocycles. The van der Waals surface area contributed by atoms with E-state index in [0.717, 1.165) is 11.3 Å². The summed E-state index contributed by atoms with van der Waals surface area (Å²) in [5.74, 6) is -0.195. The highest BCUT2D eigenvalue weighted by molar-refractivity contribution is 5.92. The monoisotopic (exact) mass is 533 g/mol. The maximum Gasteiger partial charge on any atom is 0.306 e. The fourth-order valence-corrected chi connectivity index (χ4v) is 5.18. The summed E-state index contributed by atoms with van der Waals surface area (Å²) in [7, 11) is 0. The van der Waals surface area contributed by atoms with E-state index in [1.165, 1.54) is 0 Å². The lowest BCUT2D eigenvalue weighted by molar-refractivity contribution is -0.143. The van der Waals surface area contributed by atoms with E-state index in [4.69, 9.17) is 15.7 Å². The van der Waals surface area contributed by atoms with Gasteiger partial charge in [0.2, 0.25) is 5.91 Å². The van der Waals surface area contributed by atoms with Gasteiger partial charge in [-0.15, -0.1) is 0 Å². The van der Waals surface area contributed by atoms with E-state index in [1.54, 1.807) is 24.5 Å². The first kappa shape index (κ1) is 25.2. The zero-order valence-electron chi connectivity index (χ0n) is 21.6. The summed E-state index contributed by atoms with van der Waals surface area (Å²) in [6, 6.07) is 21.0. The summed E-state index contributed by atoms with van der Waals surface area (Å²) in [6.07, 6.45) is 5.40. The number of benzene rings is 1. The number of hydrogen-bond acceptors (Lipinski definition) is 7. The van der Waals surface area contributed by atoms with Crippen LogP contribution in [0.25, 0.3) is 39.5 Å². The number of pyridine rings is 3. The first-order chi connectivity index (χ1) is 19.5. The van der Waals surface area contributed by atoms with Gasteiger partial charge >= 0.3 is 5.97 Å². The first-order valence-corrected chi connectivity index (χ1v) is 13.1. The number of carbonyl (C=O) groups excluding carboxylic acids is 1. The minimum absolute atomic E-state index is 0.143. The molecule has 0 unspecified atom stereocenters. The summed E-state index contributed by atoms with van der Waals surface area (Å²) in [4.78, 5) is 42.6. The van der Waals surface area contributed by atoms with Crippen molar-refractivity contribution in [1.29, 1.82) is 0 Å². The second kappa shape index (κ2) is 10.6. The van der Waals surface area contributed by atoms with Gasteiger partial charge in [-0.25, -0.2) is 19.9 Å². The highest BCUT2D eigenvalue weighted by atomic mass is 16.4. The number of carbonyl (C=O) groups is 2. The third-order valence-electron chi connectivity index (χ3n) is 7.36. The van der Waals surface area contributed by atoms with E-state index in [9.17, 15) is 14.7 Å². The average Bonchev–Trinajstić information content (AvgIpc) is 3.37. The highest BCUT2D eigenvalue weighted by Crippen LogP contribution is 2.32. The van der Waals surface area contributed by atoms with Gasteiger partial charge in [-0.3, -0.25) is 14.2 Å². The number of rotatable bonds is 6. The van der Waals surface area contributed by atoms with Crippen molar-refractivity contribution >= 4 is 34.7 Å². The van der Waals surface area contributed by atoms with Crippen LogP contribution in [0.2, 0.25) is 0 Å². The van der Waals surface area contributed by atoms with Crippen molar-refractivity contribution in [2.75, 3.05) is 11.1 Å². The van der Waals surface area contributed by atoms with Gasteiger partial charge in [0, 0.05) is 17.7 Å². The van der Waals surface area contributed by atoms with Crippen LogP contribution in [0.3, 0.4) is 0 Å². The molecule has 4 heterocycles. The van der Waals surface area contributed by atoms with Gasteiger partial charge in [-0.2, -0.15) is 0 Å². The highest BCUT2D eigenvalue weighted by Gasteiger charge is 2.30. The van der Waals surface area contributed by atoms with E-state index in [2.05, 4.69) is 15.3 Å². The lowest BCUT2D eigenvalue weighted by Crippen LogP contribution is -2.29. The summed E-state index contributed by atoms with van der Waals surface area (Å²) in [6.45, 7) is 0. The average molecular weight is 534 g/mol. The number of nitrogens with zero attached hydrogens (tertiary/aromatic N) is 5. The largest absolute Gasteiger partial charge is 0.481 e. The van der Waals surface area contributed by atoms with Crippen molar-refractivity contribution in [2.45, 2.75) is 25.7 Å². The number of anilines is 2. The molecule has 0 spiro atoms. The fraction of sp³-hybridized carbons (Fsp3) is 0.200. The Labute approximate surface area is 230 Å². The Morgan fingerprint density at radius 3 is 2.35 bits per heavy atom. The van der Waals surface area contributed by atoms with Crippen LogP contribution in [0.1, 0.15) is 25.7 Å². The quantitative estimate of drug-likeness (QED) is 0.277. The second-order valence-corrected chi connectivity index (χ2v) is 9.89. The number of nitrogen functional groups attached to an aromatic ring is 1. The smallest absolute Gasteiger partial charge is 0.306 e. The molecule has 40 heavy (non-hydrogen) atoms. The number of aromatic nitrogens is 5. The molecule has 0 atom stereocenters. The topological polar surface area (TPSA) is 149 Å². The number of nitrogens with one attached hydrogen (secondary N) is 1. The van der Waals surface area contributed by atoms with Crippen molar-refractivity contribution in [3.63, 3.8) is 0 Å². The summed E-state index contributed by atoms with van der Waals surface area (Å²) in [5, 5.41) is 12.1. The molecule has 1 aromatic carbocycles. The van der Waals surface area contributed by atoms with Crippen molar-refractivity contribution in [1.82, 2.24) is 24.5 Å². The molecule has 5 aromatic rings. The molecule has 0 saturated heterocycles. The third-order valence-corrected chi connectivity index (χ3v) is 7.36. The van der Waals surface area contributed by atoms with Gasteiger partial charge in [0.1, 0.15) is 17.2 Å². The Morgan fingerprint density at radius 1 is 0.875 bits per heavy atom. The molecular weight excluding hydrogens is 506 g/mol. The molecule has 1 aliphatic carbocycles. The Morgan fingerprint density at radius 2 is 1.65 bits per heavy atom. The standard InChI is InChI=1S/C30H27N7O3/c31-26-22(7-4-16-32-26)27-35-24-14-13-23(18-5-2-1-3-6-18)34-28(24)37(27)21-12-15-25(33-17-21)36-29(38)19-8-10-20(11-9-19)30(39)40/h1-7,12-17,19-20H,8-11H2,(H2,31,32)(H,39,40)(H,33,36,38). The summed E-state index contributed by atoms with van der Waals surface area (Å²) >= 11 is 0. The van der Waals surface area contributed by atoms with E-state index < -0.39 is 5.97 Å². The van der Waals surface area contributed by atoms with E-state index in [1.807, 2.05) is 59.2 Å². The number of imidazole rings is 1. The third kappa shape index (κ3) is 4.86. The predicted octanol–water partition coefficient (Wildman–Crippen LogP) is 4.96. The molecular formula is C30H27N7O3. The molecule has 200 valence electrons. The molecule has 10 nitrogen and oxygen atoms in total. The molecule has 1 fully saturated rings. The van der Waals surface area contributed by atoms with Crippen LogP contribution in [-0.4, -0.2) is 41.5 Å². The SMILES string of the molecule is Nc1ncccc1-c1nc2ccc(-c3ccccc3)nc2n1-c1ccc(NC(=O)C2CCC(C(=O)O)CC2)nc1. The van der Waals surface area contributed by atoms with Gasteiger partial charge in [0.15, 0.2) is 11.5 Å². The predicted molar refractivity (Wildman–Crippen MR) is 151 cm³/mol. The molecule has 4 N–H and O–H groups in total. The van der Waals surface area contributed by atoms with Crippen LogP contribution < -0.4 is 11.1 Å². The number of hydrogen-bond donors (Lipinski definition) is 3. The van der Waals surface area contributed by atoms with Gasteiger partial charge in [0.25, 0.3) is 0 Å². The maximum atomic E-state index is 12.8. The van der Waals surface area contributed by atoms with Crippen molar-refractivity contribution in [3.05, 3.63) is 79.1 Å². The molecule has 0 aliphatic heterocycles. The van der Waals surface area contributed by atoms with Gasteiger partial charge < -0.3 is 16.2 Å². The first-order valence-electron chi connectivity index (χ1n) is 13.1. The van der Waals surface area contributed by atoms with Gasteiger partial charge in [-0.05, 0) is 62.1 Å². The molecule has 10 heteroatoms. The number of nitrogens with two attached hydrogens (primary N) is 1.